The number of carbonyl (C=O) groups excluding carboxylic acids is 4. The average Bonchev–Trinajstić information content (AvgIpc) is 0.880. The van der Waals surface area contributed by atoms with Gasteiger partial charge in [0.1, 0.15) is 38.5 Å². The molecule has 48 nitrogen and oxygen atoms in total. The van der Waals surface area contributed by atoms with Crippen molar-refractivity contribution in [2.45, 2.75) is 13.8 Å². The van der Waals surface area contributed by atoms with E-state index in [-0.39, 0.29) is 119 Å². The van der Waals surface area contributed by atoms with E-state index < -0.39 is 23.9 Å². The number of nitrogens with zero attached hydrogens (tertiary/aromatic N) is 26. The molecule has 0 atom stereocenters. The van der Waals surface area contributed by atoms with Crippen LogP contribution in [0.4, 0.5) is 83.3 Å². The molecule has 0 saturated heterocycles. The third kappa shape index (κ3) is 38.0. The topological polar surface area (TPSA) is 752 Å². The van der Waals surface area contributed by atoms with Crippen LogP contribution in [0.15, 0.2) is 151 Å². The first kappa shape index (κ1) is 86.2. The Labute approximate surface area is 591 Å². The van der Waals surface area contributed by atoms with Crippen LogP contribution in [0.25, 0.3) is 0 Å². The van der Waals surface area contributed by atoms with Gasteiger partial charge >= 0.3 is 59.9 Å². The summed E-state index contributed by atoms with van der Waals surface area (Å²) >= 11 is 0. The Kier molecular flexibility index (Phi) is 39.7. The highest BCUT2D eigenvalue weighted by molar-refractivity contribution is 5.89. The van der Waals surface area contributed by atoms with Gasteiger partial charge in [-0.1, -0.05) is 75.9 Å². The van der Waals surface area contributed by atoms with E-state index in [1.165, 1.54) is 26.5 Å². The minimum absolute atomic E-state index is 0.000449. The van der Waals surface area contributed by atoms with Crippen LogP contribution in [-0.2, 0) is 19.2 Å². The third-order valence-corrected chi connectivity index (χ3v) is 9.30. The van der Waals surface area contributed by atoms with Crippen LogP contribution in [-0.4, -0.2) is 183 Å². The van der Waals surface area contributed by atoms with Crippen LogP contribution >= 0.6 is 0 Å². The first-order chi connectivity index (χ1) is 49.4. The second kappa shape index (κ2) is 48.0. The zero-order chi connectivity index (χ0) is 78.1. The van der Waals surface area contributed by atoms with Crippen molar-refractivity contribution in [3.63, 3.8) is 0 Å². The molecule has 0 aromatic carbocycles. The van der Waals surface area contributed by atoms with Crippen LogP contribution in [0.5, 0.6) is 36.1 Å². The molecule has 8 rings (SSSR count). The fourth-order valence-electron chi connectivity index (χ4n) is 5.33. The molecule has 0 aliphatic heterocycles. The summed E-state index contributed by atoms with van der Waals surface area (Å²) in [6.45, 7) is 40.9. The standard InChI is InChI=1S/C9H14N6.C9H13N5.C7H9N5O2.C7H8N4O2.C6H7N5O2.C6H9N5O.C6H6N4O2.C6H8N4O/c1-3-5-15(6-4-2)9-13-7(10)12-8(11)14-9;1-3-5-14(6-4-2)9-12-7-11-8(10)13-9;1-3(2)4(13)14-7-11-5(8)10-6(9)12-7;1-4(2)5(12)13-7-10-3-9-6(8)11-7;1-2-3(12)13-6-10-4(7)9-5(8)11-6;1-2-3-12-6-10-4(7)9-5(8)11-6;1-2-4(11)12-6-9-3-8-5(7)10-6;1-2-3-11-6-9-4-8-5(7)10-6/h3-4H,1-2,5-6H2,(H4,10,11,12,13,14);3-4,7H,1-2,5-6H2,(H2,10,11,12,13);1H2,2H3,(H4,8,9,10,11,12);3H,1H2,2H3,(H2,8,9,10,11);2H,1H2,(H4,7,8,9,10,11);2H,1,3H2,(H4,7,8,9,10,11);2-3H,1H2,(H2,7,8,9,10);2,4H,1,3H2,(H2,7,8,9,10). The SMILES string of the molecule is C=C(C)C(=O)Oc1nc(N)nc(N)n1.C=C(C)C(=O)Oc1ncnc(N)n1.C=CC(=O)Oc1nc(N)nc(N)n1.C=CC(=O)Oc1ncnc(N)n1.C=CCN(CC=C)c1nc(N)nc(N)n1.C=CCN(CC=C)c1ncnc(N)n1.C=CCOc1nc(N)nc(N)n1.C=CCOc1ncnc(N)n1. The molecule has 0 amide bonds. The molecular formula is C56H74N38O10. The van der Waals surface area contributed by atoms with Crippen LogP contribution in [0.1, 0.15) is 13.8 Å². The smallest absolute Gasteiger partial charge is 0.340 e. The van der Waals surface area contributed by atoms with Crippen molar-refractivity contribution in [3.8, 4) is 36.1 Å². The molecule has 0 aliphatic rings. The monoisotopic (exact) mass is 1440 g/mol. The van der Waals surface area contributed by atoms with Gasteiger partial charge in [0.25, 0.3) is 0 Å². The van der Waals surface area contributed by atoms with Crippen molar-refractivity contribution >= 4 is 107 Å². The number of anilines is 14. The first-order valence-electron chi connectivity index (χ1n) is 28.1. The van der Waals surface area contributed by atoms with Crippen molar-refractivity contribution in [1.82, 2.24) is 120 Å². The van der Waals surface area contributed by atoms with E-state index in [1.54, 1.807) is 36.5 Å². The van der Waals surface area contributed by atoms with Crippen molar-refractivity contribution in [1.29, 1.82) is 0 Å². The maximum Gasteiger partial charge on any atom is 0.340 e. The summed E-state index contributed by atoms with van der Waals surface area (Å²) in [6.07, 6.45) is 17.1. The van der Waals surface area contributed by atoms with Gasteiger partial charge in [0.05, 0.1) is 0 Å². The molecule has 0 fully saturated rings. The Bertz CT molecular complexity index is 4110. The van der Waals surface area contributed by atoms with Gasteiger partial charge in [0.15, 0.2) is 0 Å². The van der Waals surface area contributed by atoms with Gasteiger partial charge in [-0.2, -0.15) is 94.7 Å². The van der Waals surface area contributed by atoms with E-state index in [0.717, 1.165) is 24.8 Å². The summed E-state index contributed by atoms with van der Waals surface area (Å²) in [5, 5.41) is 0. The lowest BCUT2D eigenvalue weighted by Crippen LogP contribution is -2.26. The Hall–Kier alpha value is -15.8. The van der Waals surface area contributed by atoms with E-state index >= 15 is 0 Å². The van der Waals surface area contributed by atoms with Crippen molar-refractivity contribution in [2.75, 3.05) is 118 Å². The molecule has 0 spiro atoms. The van der Waals surface area contributed by atoms with Gasteiger partial charge in [-0.3, -0.25) is 0 Å². The molecule has 8 heterocycles. The first-order valence-corrected chi connectivity index (χ1v) is 28.1. The van der Waals surface area contributed by atoms with E-state index in [0.29, 0.717) is 51.3 Å². The lowest BCUT2D eigenvalue weighted by Gasteiger charge is -2.18. The average molecular weight is 1440 g/mol. The number of hydrogen-bond acceptors (Lipinski definition) is 48. The molecule has 48 heteroatoms. The number of hydrogen-bond donors (Lipinski definition) is 12. The summed E-state index contributed by atoms with van der Waals surface area (Å²) in [5.41, 5.74) is 64.1. The Morgan fingerprint density at radius 3 is 0.913 bits per heavy atom. The molecule has 8 aromatic heterocycles. The van der Waals surface area contributed by atoms with Crippen LogP contribution in [0, 0.1) is 0 Å². The highest BCUT2D eigenvalue weighted by atomic mass is 16.6. The van der Waals surface area contributed by atoms with E-state index in [4.69, 9.17) is 78.3 Å². The quantitative estimate of drug-likeness (QED) is 0.0188. The van der Waals surface area contributed by atoms with Crippen molar-refractivity contribution in [2.24, 2.45) is 0 Å². The van der Waals surface area contributed by atoms with Gasteiger partial charge in [0, 0.05) is 49.5 Å². The normalized spacial score (nSPS) is 9.33. The van der Waals surface area contributed by atoms with Crippen LogP contribution < -0.4 is 107 Å². The molecule has 0 unspecified atom stereocenters. The summed E-state index contributed by atoms with van der Waals surface area (Å²) in [4.78, 5) is 135. The summed E-state index contributed by atoms with van der Waals surface area (Å²) in [7, 11) is 0. The lowest BCUT2D eigenvalue weighted by molar-refractivity contribution is -0.131. The van der Waals surface area contributed by atoms with E-state index in [1.807, 2.05) is 9.80 Å². The summed E-state index contributed by atoms with van der Waals surface area (Å²) in [6, 6.07) is -0.400. The largest absolute Gasteiger partial charge is 0.459 e. The van der Waals surface area contributed by atoms with Gasteiger partial charge in [-0.05, 0) is 13.8 Å². The number of nitrogen functional groups attached to an aromatic ring is 12. The zero-order valence-electron chi connectivity index (χ0n) is 55.9. The predicted octanol–water partition coefficient (Wildman–Crippen LogP) is -1.41. The molecule has 104 heavy (non-hydrogen) atoms. The van der Waals surface area contributed by atoms with Gasteiger partial charge in [-0.15, -0.1) is 26.3 Å². The highest BCUT2D eigenvalue weighted by Gasteiger charge is 2.13. The molecule has 0 saturated carbocycles. The number of aromatic nitrogens is 24. The van der Waals surface area contributed by atoms with Crippen molar-refractivity contribution in [3.05, 3.63) is 151 Å². The molecule has 0 radical (unpaired) electrons. The highest BCUT2D eigenvalue weighted by Crippen LogP contribution is 2.13. The number of esters is 4. The lowest BCUT2D eigenvalue weighted by atomic mass is 10.4. The minimum Gasteiger partial charge on any atom is -0.459 e. The Morgan fingerprint density at radius 1 is 0.317 bits per heavy atom. The van der Waals surface area contributed by atoms with E-state index in [9.17, 15) is 19.2 Å². The fraction of sp³-hybridized carbons (Fsp3) is 0.143. The molecular weight excluding hydrogens is 1360 g/mol. The molecule has 548 valence electrons. The maximum absolute atomic E-state index is 11.0. The minimum atomic E-state index is -0.690. The number of nitrogens with two attached hydrogens (primary N) is 12. The summed E-state index contributed by atoms with van der Waals surface area (Å²) in [5.74, 6) is -1.37. The summed E-state index contributed by atoms with van der Waals surface area (Å²) < 4.78 is 28.4. The second-order valence-corrected chi connectivity index (χ2v) is 17.6. The predicted molar refractivity (Wildman–Crippen MR) is 381 cm³/mol. The number of rotatable bonds is 24. The zero-order valence-corrected chi connectivity index (χ0v) is 55.9. The van der Waals surface area contributed by atoms with Gasteiger partial charge in [-0.25, -0.2) is 44.1 Å². The Morgan fingerprint density at radius 2 is 0.577 bits per heavy atom. The number of ether oxygens (including phenoxy) is 6. The molecule has 8 aromatic rings. The van der Waals surface area contributed by atoms with Crippen LogP contribution in [0.3, 0.4) is 0 Å². The molecule has 0 aliphatic carbocycles. The maximum atomic E-state index is 11.0. The third-order valence-electron chi connectivity index (χ3n) is 9.30. The van der Waals surface area contributed by atoms with Crippen LogP contribution in [0.2, 0.25) is 0 Å². The molecule has 24 N–H and O–H groups in total. The van der Waals surface area contributed by atoms with Gasteiger partial charge in [0.2, 0.25) is 83.3 Å². The molecule has 0 bridgehead atoms. The second-order valence-electron chi connectivity index (χ2n) is 17.6. The Balaban J connectivity index is 0.000000595. The fourth-order valence-corrected chi connectivity index (χ4v) is 5.33. The number of carbonyl (C=O) groups is 4. The van der Waals surface area contributed by atoms with Gasteiger partial charge < -0.3 is 107 Å². The van der Waals surface area contributed by atoms with Crippen molar-refractivity contribution < 1.29 is 47.6 Å². The van der Waals surface area contributed by atoms with E-state index in [2.05, 4.69) is 204 Å².